The van der Waals surface area contributed by atoms with E-state index in [0.29, 0.717) is 0 Å². The predicted octanol–water partition coefficient (Wildman–Crippen LogP) is 2.53. The van der Waals surface area contributed by atoms with E-state index < -0.39 is 0 Å². The standard InChI is InChI=1S/C16H30N4.HI/c1-13-3-2-8-20(12-13)16(17)18-11-14-6-9-19(10-7-14)15-4-5-15;/h13-15H,2-12H2,1H3,(H2,17,18);1H. The van der Waals surface area contributed by atoms with Crippen molar-refractivity contribution in [3.63, 3.8) is 0 Å². The third-order valence-corrected chi connectivity index (χ3v) is 5.20. The van der Waals surface area contributed by atoms with Crippen molar-refractivity contribution in [1.29, 1.82) is 0 Å². The monoisotopic (exact) mass is 406 g/mol. The van der Waals surface area contributed by atoms with Gasteiger partial charge in [-0.15, -0.1) is 24.0 Å². The molecule has 2 heterocycles. The van der Waals surface area contributed by atoms with Crippen molar-refractivity contribution < 1.29 is 0 Å². The lowest BCUT2D eigenvalue weighted by atomic mass is 9.97. The van der Waals surface area contributed by atoms with Crippen molar-refractivity contribution in [3.05, 3.63) is 0 Å². The number of guanidine groups is 1. The van der Waals surface area contributed by atoms with E-state index >= 15 is 0 Å². The van der Waals surface area contributed by atoms with Crippen LogP contribution in [0.15, 0.2) is 4.99 Å². The molecule has 2 aliphatic heterocycles. The molecule has 2 N–H and O–H groups in total. The van der Waals surface area contributed by atoms with E-state index in [9.17, 15) is 0 Å². The van der Waals surface area contributed by atoms with E-state index in [0.717, 1.165) is 43.5 Å². The number of nitrogens with two attached hydrogens (primary N) is 1. The molecule has 1 atom stereocenters. The smallest absolute Gasteiger partial charge is 0.191 e. The molecule has 0 aromatic heterocycles. The Labute approximate surface area is 146 Å². The quantitative estimate of drug-likeness (QED) is 0.445. The Morgan fingerprint density at radius 2 is 1.81 bits per heavy atom. The maximum Gasteiger partial charge on any atom is 0.191 e. The van der Waals surface area contributed by atoms with Gasteiger partial charge in [0.05, 0.1) is 0 Å². The summed E-state index contributed by atoms with van der Waals surface area (Å²) in [5.74, 6) is 2.31. The molecule has 5 heteroatoms. The molecule has 122 valence electrons. The highest BCUT2D eigenvalue weighted by molar-refractivity contribution is 14.0. The number of halogens is 1. The second-order valence-electron chi connectivity index (χ2n) is 7.10. The Kier molecular flexibility index (Phi) is 6.59. The van der Waals surface area contributed by atoms with Crippen LogP contribution in [-0.4, -0.2) is 54.5 Å². The molecule has 0 radical (unpaired) electrons. The first-order chi connectivity index (χ1) is 9.72. The van der Waals surface area contributed by atoms with E-state index in [1.807, 2.05) is 0 Å². The minimum Gasteiger partial charge on any atom is -0.370 e. The van der Waals surface area contributed by atoms with Crippen molar-refractivity contribution >= 4 is 29.9 Å². The van der Waals surface area contributed by atoms with Gasteiger partial charge in [0.25, 0.3) is 0 Å². The first kappa shape index (κ1) is 17.3. The molecule has 0 aromatic carbocycles. The molecule has 21 heavy (non-hydrogen) atoms. The van der Waals surface area contributed by atoms with Crippen molar-refractivity contribution in [2.45, 2.75) is 51.5 Å². The van der Waals surface area contributed by atoms with Gasteiger partial charge in [0.1, 0.15) is 0 Å². The summed E-state index contributed by atoms with van der Waals surface area (Å²) in [5, 5.41) is 0. The molecular formula is C16H31IN4. The zero-order valence-corrected chi connectivity index (χ0v) is 15.7. The summed E-state index contributed by atoms with van der Waals surface area (Å²) in [7, 11) is 0. The third-order valence-electron chi connectivity index (χ3n) is 5.20. The minimum absolute atomic E-state index is 0. The number of rotatable bonds is 3. The summed E-state index contributed by atoms with van der Waals surface area (Å²) >= 11 is 0. The fourth-order valence-electron chi connectivity index (χ4n) is 3.66. The van der Waals surface area contributed by atoms with Gasteiger partial charge in [-0.25, -0.2) is 0 Å². The van der Waals surface area contributed by atoms with E-state index in [1.165, 1.54) is 51.6 Å². The fraction of sp³-hybridized carbons (Fsp3) is 0.938. The first-order valence-electron chi connectivity index (χ1n) is 8.51. The minimum atomic E-state index is 0. The molecule has 0 aromatic rings. The zero-order valence-electron chi connectivity index (χ0n) is 13.3. The lowest BCUT2D eigenvalue weighted by molar-refractivity contribution is 0.179. The molecular weight excluding hydrogens is 375 g/mol. The molecule has 4 nitrogen and oxygen atoms in total. The summed E-state index contributed by atoms with van der Waals surface area (Å²) in [5.41, 5.74) is 6.18. The van der Waals surface area contributed by atoms with E-state index in [2.05, 4.69) is 16.7 Å². The van der Waals surface area contributed by atoms with Gasteiger partial charge in [0.15, 0.2) is 5.96 Å². The van der Waals surface area contributed by atoms with Gasteiger partial charge < -0.3 is 15.5 Å². The van der Waals surface area contributed by atoms with Gasteiger partial charge in [-0.1, -0.05) is 6.92 Å². The van der Waals surface area contributed by atoms with Crippen molar-refractivity contribution in [2.75, 3.05) is 32.7 Å². The van der Waals surface area contributed by atoms with E-state index in [4.69, 9.17) is 10.7 Å². The molecule has 1 saturated carbocycles. The Morgan fingerprint density at radius 1 is 1.10 bits per heavy atom. The van der Waals surface area contributed by atoms with Crippen LogP contribution in [0.25, 0.3) is 0 Å². The van der Waals surface area contributed by atoms with Crippen LogP contribution in [0.2, 0.25) is 0 Å². The van der Waals surface area contributed by atoms with Crippen LogP contribution in [0.1, 0.15) is 45.4 Å². The maximum absolute atomic E-state index is 6.18. The summed E-state index contributed by atoms with van der Waals surface area (Å²) < 4.78 is 0. The lowest BCUT2D eigenvalue weighted by Gasteiger charge is -2.33. The SMILES string of the molecule is CC1CCCN(C(N)=NCC2CCN(C3CC3)CC2)C1.I. The average Bonchev–Trinajstić information content (AvgIpc) is 3.30. The van der Waals surface area contributed by atoms with E-state index in [1.54, 1.807) is 0 Å². The van der Waals surface area contributed by atoms with Crippen molar-refractivity contribution in [1.82, 2.24) is 9.80 Å². The summed E-state index contributed by atoms with van der Waals surface area (Å²) in [4.78, 5) is 9.65. The molecule has 0 spiro atoms. The Bertz CT molecular complexity index is 348. The summed E-state index contributed by atoms with van der Waals surface area (Å²) in [6.07, 6.45) is 8.08. The molecule has 1 aliphatic carbocycles. The molecule has 0 amide bonds. The Morgan fingerprint density at radius 3 is 2.43 bits per heavy atom. The van der Waals surface area contributed by atoms with Gasteiger partial charge in [-0.3, -0.25) is 4.99 Å². The van der Waals surface area contributed by atoms with Gasteiger partial charge >= 0.3 is 0 Å². The maximum atomic E-state index is 6.18. The van der Waals surface area contributed by atoms with Crippen LogP contribution in [0.4, 0.5) is 0 Å². The topological polar surface area (TPSA) is 44.9 Å². The third kappa shape index (κ3) is 4.98. The zero-order chi connectivity index (χ0) is 13.9. The van der Waals surface area contributed by atoms with Gasteiger partial charge in [-0.2, -0.15) is 0 Å². The van der Waals surface area contributed by atoms with Gasteiger partial charge in [0.2, 0.25) is 0 Å². The number of aliphatic imine (C=N–C) groups is 1. The molecule has 3 aliphatic rings. The molecule has 2 saturated heterocycles. The molecule has 3 rings (SSSR count). The summed E-state index contributed by atoms with van der Waals surface area (Å²) in [6.45, 7) is 8.01. The average molecular weight is 406 g/mol. The number of likely N-dealkylation sites (tertiary alicyclic amines) is 2. The summed E-state index contributed by atoms with van der Waals surface area (Å²) in [6, 6.07) is 0.930. The van der Waals surface area contributed by atoms with Gasteiger partial charge in [-0.05, 0) is 63.5 Å². The van der Waals surface area contributed by atoms with Crippen LogP contribution in [0.5, 0.6) is 0 Å². The largest absolute Gasteiger partial charge is 0.370 e. The number of hydrogen-bond acceptors (Lipinski definition) is 2. The van der Waals surface area contributed by atoms with Crippen molar-refractivity contribution in [2.24, 2.45) is 22.6 Å². The number of nitrogens with zero attached hydrogens (tertiary/aromatic N) is 3. The second kappa shape index (κ2) is 7.99. The number of hydrogen-bond donors (Lipinski definition) is 1. The second-order valence-corrected chi connectivity index (χ2v) is 7.10. The van der Waals surface area contributed by atoms with Gasteiger partial charge in [0, 0.05) is 25.7 Å². The first-order valence-corrected chi connectivity index (χ1v) is 8.51. The Hall–Kier alpha value is -0.0400. The highest BCUT2D eigenvalue weighted by Gasteiger charge is 2.31. The molecule has 1 unspecified atom stereocenters. The fourth-order valence-corrected chi connectivity index (χ4v) is 3.66. The van der Waals surface area contributed by atoms with Crippen LogP contribution < -0.4 is 5.73 Å². The Balaban J connectivity index is 0.00000161. The van der Waals surface area contributed by atoms with E-state index in [-0.39, 0.29) is 24.0 Å². The normalized spacial score (nSPS) is 29.3. The molecule has 0 bridgehead atoms. The highest BCUT2D eigenvalue weighted by Crippen LogP contribution is 2.30. The molecule has 3 fully saturated rings. The predicted molar refractivity (Wildman–Crippen MR) is 99.2 cm³/mol. The highest BCUT2D eigenvalue weighted by atomic mass is 127. The van der Waals surface area contributed by atoms with Crippen LogP contribution >= 0.6 is 24.0 Å². The van der Waals surface area contributed by atoms with Crippen LogP contribution in [0.3, 0.4) is 0 Å². The van der Waals surface area contributed by atoms with Crippen LogP contribution in [-0.2, 0) is 0 Å². The number of piperidine rings is 2. The van der Waals surface area contributed by atoms with Crippen molar-refractivity contribution in [3.8, 4) is 0 Å². The van der Waals surface area contributed by atoms with Crippen LogP contribution in [0, 0.1) is 11.8 Å². The lowest BCUT2D eigenvalue weighted by Crippen LogP contribution is -2.44.